The van der Waals surface area contributed by atoms with E-state index >= 15 is 0 Å². The number of carbonyl (C=O) groups is 2. The summed E-state index contributed by atoms with van der Waals surface area (Å²) in [6, 6.07) is 11.9. The van der Waals surface area contributed by atoms with E-state index in [2.05, 4.69) is 5.32 Å². The van der Waals surface area contributed by atoms with Crippen molar-refractivity contribution in [2.45, 2.75) is 19.0 Å². The summed E-state index contributed by atoms with van der Waals surface area (Å²) < 4.78 is 10.7. The molecule has 3 amide bonds. The highest BCUT2D eigenvalue weighted by Crippen LogP contribution is 2.38. The number of ether oxygens (including phenoxy) is 2. The van der Waals surface area contributed by atoms with E-state index < -0.39 is 11.6 Å². The van der Waals surface area contributed by atoms with E-state index in [0.29, 0.717) is 27.6 Å². The van der Waals surface area contributed by atoms with Gasteiger partial charge in [-0.2, -0.15) is 0 Å². The van der Waals surface area contributed by atoms with Crippen LogP contribution >= 0.6 is 11.6 Å². The molecule has 7 heteroatoms. The summed E-state index contributed by atoms with van der Waals surface area (Å²) in [6.45, 7) is 1.94. The SMILES string of the molecule is C[C@]1(c2ccc3c(c2)OCO3)NC(=O)N(Cc2ccccc2Cl)C1=O. The van der Waals surface area contributed by atoms with Crippen LogP contribution in [0.15, 0.2) is 42.5 Å². The zero-order valence-corrected chi connectivity index (χ0v) is 14.2. The van der Waals surface area contributed by atoms with Crippen molar-refractivity contribution in [3.8, 4) is 11.5 Å². The van der Waals surface area contributed by atoms with Crippen LogP contribution in [0.2, 0.25) is 5.02 Å². The fraction of sp³-hybridized carbons (Fsp3) is 0.222. The zero-order valence-electron chi connectivity index (χ0n) is 13.4. The maximum Gasteiger partial charge on any atom is 0.325 e. The normalized spacial score (nSPS) is 21.6. The molecule has 0 spiro atoms. The van der Waals surface area contributed by atoms with Crippen molar-refractivity contribution in [3.05, 3.63) is 58.6 Å². The van der Waals surface area contributed by atoms with Gasteiger partial charge < -0.3 is 14.8 Å². The van der Waals surface area contributed by atoms with Crippen LogP contribution < -0.4 is 14.8 Å². The Morgan fingerprint density at radius 2 is 1.92 bits per heavy atom. The summed E-state index contributed by atoms with van der Waals surface area (Å²) >= 11 is 6.15. The number of imide groups is 1. The first-order valence-electron chi connectivity index (χ1n) is 7.77. The van der Waals surface area contributed by atoms with E-state index in [9.17, 15) is 9.59 Å². The Kier molecular flexibility index (Phi) is 3.58. The Balaban J connectivity index is 1.65. The summed E-state index contributed by atoms with van der Waals surface area (Å²) in [5.74, 6) is 0.846. The molecule has 0 unspecified atom stereocenters. The second-order valence-corrected chi connectivity index (χ2v) is 6.51. The number of fused-ring (bicyclic) bond motifs is 1. The topological polar surface area (TPSA) is 67.9 Å². The minimum atomic E-state index is -1.17. The van der Waals surface area contributed by atoms with Crippen LogP contribution in [0.4, 0.5) is 4.79 Å². The van der Waals surface area contributed by atoms with Crippen LogP contribution in [-0.4, -0.2) is 23.6 Å². The molecule has 0 aromatic heterocycles. The Bertz CT molecular complexity index is 885. The van der Waals surface area contributed by atoms with Crippen molar-refractivity contribution in [1.29, 1.82) is 0 Å². The van der Waals surface area contributed by atoms with Gasteiger partial charge in [-0.15, -0.1) is 0 Å². The summed E-state index contributed by atoms with van der Waals surface area (Å²) in [6.07, 6.45) is 0. The van der Waals surface area contributed by atoms with Crippen LogP contribution in [0.5, 0.6) is 11.5 Å². The van der Waals surface area contributed by atoms with Gasteiger partial charge in [-0.05, 0) is 36.2 Å². The monoisotopic (exact) mass is 358 g/mol. The van der Waals surface area contributed by atoms with Gasteiger partial charge in [0.15, 0.2) is 11.5 Å². The standard InChI is InChI=1S/C18H15ClN2O4/c1-18(12-6-7-14-15(8-12)25-10-24-14)16(22)21(17(23)20-18)9-11-4-2-3-5-13(11)19/h2-8H,9-10H2,1H3,(H,20,23)/t18-/m1/s1. The van der Waals surface area contributed by atoms with E-state index in [1.54, 1.807) is 43.3 Å². The maximum atomic E-state index is 13.0. The lowest BCUT2D eigenvalue weighted by molar-refractivity contribution is -0.131. The average molecular weight is 359 g/mol. The van der Waals surface area contributed by atoms with Crippen molar-refractivity contribution in [2.24, 2.45) is 0 Å². The minimum absolute atomic E-state index is 0.116. The third-order valence-corrected chi connectivity index (χ3v) is 4.88. The third kappa shape index (κ3) is 2.49. The zero-order chi connectivity index (χ0) is 17.6. The summed E-state index contributed by atoms with van der Waals surface area (Å²) in [7, 11) is 0. The number of benzene rings is 2. The fourth-order valence-electron chi connectivity index (χ4n) is 3.04. The van der Waals surface area contributed by atoms with E-state index in [0.717, 1.165) is 0 Å². The lowest BCUT2D eigenvalue weighted by Crippen LogP contribution is -2.40. The van der Waals surface area contributed by atoms with Gasteiger partial charge in [0, 0.05) is 5.02 Å². The first kappa shape index (κ1) is 15.8. The molecule has 0 radical (unpaired) electrons. The molecule has 2 heterocycles. The van der Waals surface area contributed by atoms with Crippen molar-refractivity contribution in [2.75, 3.05) is 6.79 Å². The second kappa shape index (κ2) is 5.67. The molecule has 1 atom stereocenters. The molecule has 2 aliphatic rings. The van der Waals surface area contributed by atoms with E-state index in [1.807, 2.05) is 6.07 Å². The summed E-state index contributed by atoms with van der Waals surface area (Å²) in [5, 5.41) is 3.29. The number of halogens is 1. The van der Waals surface area contributed by atoms with Gasteiger partial charge in [-0.3, -0.25) is 9.69 Å². The lowest BCUT2D eigenvalue weighted by Gasteiger charge is -2.22. The highest BCUT2D eigenvalue weighted by Gasteiger charge is 2.49. The molecule has 0 aliphatic carbocycles. The highest BCUT2D eigenvalue weighted by molar-refractivity contribution is 6.31. The molecular weight excluding hydrogens is 344 g/mol. The van der Waals surface area contributed by atoms with Crippen molar-refractivity contribution >= 4 is 23.5 Å². The minimum Gasteiger partial charge on any atom is -0.454 e. The predicted octanol–water partition coefficient (Wildman–Crippen LogP) is 3.04. The van der Waals surface area contributed by atoms with Gasteiger partial charge in [0.05, 0.1) is 6.54 Å². The van der Waals surface area contributed by atoms with Crippen molar-refractivity contribution < 1.29 is 19.1 Å². The van der Waals surface area contributed by atoms with Crippen LogP contribution in [0.3, 0.4) is 0 Å². The molecule has 4 rings (SSSR count). The molecule has 0 bridgehead atoms. The number of hydrogen-bond acceptors (Lipinski definition) is 4. The Labute approximate surface area is 149 Å². The Morgan fingerprint density at radius 1 is 1.16 bits per heavy atom. The molecule has 6 nitrogen and oxygen atoms in total. The molecule has 2 aromatic rings. The molecule has 1 saturated heterocycles. The van der Waals surface area contributed by atoms with E-state index in [4.69, 9.17) is 21.1 Å². The van der Waals surface area contributed by atoms with Crippen LogP contribution in [0.25, 0.3) is 0 Å². The largest absolute Gasteiger partial charge is 0.454 e. The fourth-order valence-corrected chi connectivity index (χ4v) is 3.24. The first-order valence-corrected chi connectivity index (χ1v) is 8.14. The highest BCUT2D eigenvalue weighted by atomic mass is 35.5. The lowest BCUT2D eigenvalue weighted by atomic mass is 9.91. The number of nitrogens with zero attached hydrogens (tertiary/aromatic N) is 1. The van der Waals surface area contributed by atoms with E-state index in [-0.39, 0.29) is 19.2 Å². The number of urea groups is 1. The van der Waals surface area contributed by atoms with Gasteiger partial charge in [0.1, 0.15) is 5.54 Å². The molecule has 25 heavy (non-hydrogen) atoms. The number of amides is 3. The molecule has 1 N–H and O–H groups in total. The molecule has 128 valence electrons. The van der Waals surface area contributed by atoms with Gasteiger partial charge >= 0.3 is 6.03 Å². The molecule has 2 aliphatic heterocycles. The van der Waals surface area contributed by atoms with Gasteiger partial charge in [-0.1, -0.05) is 35.9 Å². The summed E-state index contributed by atoms with van der Waals surface area (Å²) in [5.41, 5.74) is 0.179. The number of carbonyl (C=O) groups excluding carboxylic acids is 2. The van der Waals surface area contributed by atoms with Crippen LogP contribution in [0.1, 0.15) is 18.1 Å². The number of rotatable bonds is 3. The van der Waals surface area contributed by atoms with Crippen LogP contribution in [0, 0.1) is 0 Å². The number of nitrogens with one attached hydrogen (secondary N) is 1. The molecule has 1 fully saturated rings. The average Bonchev–Trinajstić information content (AvgIpc) is 3.15. The first-order chi connectivity index (χ1) is 12.0. The van der Waals surface area contributed by atoms with Gasteiger partial charge in [0.25, 0.3) is 5.91 Å². The molecule has 0 saturated carbocycles. The maximum absolute atomic E-state index is 13.0. The Morgan fingerprint density at radius 3 is 2.72 bits per heavy atom. The van der Waals surface area contributed by atoms with Crippen molar-refractivity contribution in [3.63, 3.8) is 0 Å². The smallest absolute Gasteiger partial charge is 0.325 e. The van der Waals surface area contributed by atoms with Crippen molar-refractivity contribution in [1.82, 2.24) is 10.2 Å². The van der Waals surface area contributed by atoms with Gasteiger partial charge in [0.2, 0.25) is 6.79 Å². The second-order valence-electron chi connectivity index (χ2n) is 6.11. The molecular formula is C18H15ClN2O4. The quantitative estimate of drug-likeness (QED) is 0.856. The summed E-state index contributed by atoms with van der Waals surface area (Å²) in [4.78, 5) is 26.6. The van der Waals surface area contributed by atoms with E-state index in [1.165, 1.54) is 4.90 Å². The van der Waals surface area contributed by atoms with Gasteiger partial charge in [-0.25, -0.2) is 4.79 Å². The third-order valence-electron chi connectivity index (χ3n) is 4.51. The Hall–Kier alpha value is -2.73. The number of hydrogen-bond donors (Lipinski definition) is 1. The molecule has 2 aromatic carbocycles. The predicted molar refractivity (Wildman–Crippen MR) is 90.5 cm³/mol. The van der Waals surface area contributed by atoms with Crippen LogP contribution in [-0.2, 0) is 16.9 Å².